The van der Waals surface area contributed by atoms with Gasteiger partial charge in [-0.2, -0.15) is 0 Å². The van der Waals surface area contributed by atoms with Crippen molar-refractivity contribution in [2.45, 2.75) is 116 Å². The van der Waals surface area contributed by atoms with E-state index in [2.05, 4.69) is 69.1 Å². The predicted octanol–water partition coefficient (Wildman–Crippen LogP) is 5.92. The molecule has 2 saturated carbocycles. The van der Waals surface area contributed by atoms with Crippen LogP contribution in [0.2, 0.25) is 0 Å². The molecule has 0 spiro atoms. The summed E-state index contributed by atoms with van der Waals surface area (Å²) < 4.78 is 2.14. The topological polar surface area (TPSA) is 79.7 Å². The Hall–Kier alpha value is -2.54. The molecule has 2 heterocycles. The van der Waals surface area contributed by atoms with Crippen LogP contribution in [0.4, 0.5) is 0 Å². The number of aryl methyl sites for hydroxylation is 2. The lowest BCUT2D eigenvalue weighted by Gasteiger charge is -2.36. The number of pyridine rings is 1. The Morgan fingerprint density at radius 3 is 2.54 bits per heavy atom. The lowest BCUT2D eigenvalue weighted by atomic mass is 9.95. The molecule has 0 amide bonds. The van der Waals surface area contributed by atoms with Crippen molar-refractivity contribution < 1.29 is 0 Å². The summed E-state index contributed by atoms with van der Waals surface area (Å²) in [6.07, 6.45) is 13.0. The fourth-order valence-corrected chi connectivity index (χ4v) is 6.48. The number of hydrogen-bond donors (Lipinski definition) is 1. The van der Waals surface area contributed by atoms with Crippen LogP contribution in [0.5, 0.6) is 0 Å². The Balaban J connectivity index is 1.53. The second-order valence-corrected chi connectivity index (χ2v) is 10.9. The van der Waals surface area contributed by atoms with Gasteiger partial charge in [0.1, 0.15) is 0 Å². The number of nitrogens with one attached hydrogen (secondary N) is 1. The SMILES string of the molecule is CCC[C@@H](c1nnnn1C1CCCCC1)N(Cc1cc2c(C)cc(C)cc2[nH]c1=O)C1CCCC1. The van der Waals surface area contributed by atoms with Crippen LogP contribution >= 0.6 is 0 Å². The van der Waals surface area contributed by atoms with E-state index in [0.29, 0.717) is 18.6 Å². The molecule has 0 unspecified atom stereocenters. The molecule has 35 heavy (non-hydrogen) atoms. The van der Waals surface area contributed by atoms with Crippen LogP contribution in [0.25, 0.3) is 10.9 Å². The van der Waals surface area contributed by atoms with Crippen molar-refractivity contribution in [3.8, 4) is 0 Å². The van der Waals surface area contributed by atoms with Crippen molar-refractivity contribution >= 4 is 10.9 Å². The zero-order chi connectivity index (χ0) is 24.4. The minimum atomic E-state index is 0.0209. The van der Waals surface area contributed by atoms with Crippen molar-refractivity contribution in [2.75, 3.05) is 0 Å². The number of aromatic nitrogens is 5. The van der Waals surface area contributed by atoms with Gasteiger partial charge in [-0.15, -0.1) is 5.10 Å². The van der Waals surface area contributed by atoms with Gasteiger partial charge >= 0.3 is 0 Å². The summed E-state index contributed by atoms with van der Waals surface area (Å²) in [5, 5.41) is 14.4. The molecular formula is C28H40N6O. The fraction of sp³-hybridized carbons (Fsp3) is 0.643. The van der Waals surface area contributed by atoms with Crippen molar-refractivity contribution in [3.05, 3.63) is 51.1 Å². The van der Waals surface area contributed by atoms with E-state index in [4.69, 9.17) is 0 Å². The van der Waals surface area contributed by atoms with E-state index in [1.54, 1.807) is 0 Å². The molecule has 1 N–H and O–H groups in total. The van der Waals surface area contributed by atoms with E-state index in [1.807, 2.05) is 0 Å². The summed E-state index contributed by atoms with van der Waals surface area (Å²) in [7, 11) is 0. The lowest BCUT2D eigenvalue weighted by molar-refractivity contribution is 0.105. The van der Waals surface area contributed by atoms with Gasteiger partial charge in [0.2, 0.25) is 0 Å². The van der Waals surface area contributed by atoms with Crippen molar-refractivity contribution in [1.82, 2.24) is 30.1 Å². The molecule has 2 fully saturated rings. The van der Waals surface area contributed by atoms with Gasteiger partial charge in [0.25, 0.3) is 5.56 Å². The van der Waals surface area contributed by atoms with E-state index in [-0.39, 0.29) is 11.6 Å². The Morgan fingerprint density at radius 1 is 1.06 bits per heavy atom. The highest BCUT2D eigenvalue weighted by molar-refractivity contribution is 5.83. The maximum Gasteiger partial charge on any atom is 0.252 e. The predicted molar refractivity (Wildman–Crippen MR) is 139 cm³/mol. The van der Waals surface area contributed by atoms with Crippen molar-refractivity contribution in [2.24, 2.45) is 0 Å². The first-order valence-corrected chi connectivity index (χ1v) is 13.7. The zero-order valence-electron chi connectivity index (χ0n) is 21.6. The molecule has 2 aliphatic rings. The molecule has 2 aromatic heterocycles. The number of benzene rings is 1. The van der Waals surface area contributed by atoms with Gasteiger partial charge in [-0.05, 0) is 79.6 Å². The number of fused-ring (bicyclic) bond motifs is 1. The zero-order valence-corrected chi connectivity index (χ0v) is 21.6. The monoisotopic (exact) mass is 476 g/mol. The molecule has 0 aliphatic heterocycles. The standard InChI is InChI=1S/C28H40N6O/c1-4-10-26(27-30-31-32-34(27)23-13-6-5-7-14-23)33(22-11-8-9-12-22)18-21-17-24-20(3)15-19(2)16-25(24)29-28(21)35/h15-17,22-23,26H,4-14,18H2,1-3H3,(H,29,35)/t26-/m0/s1. The molecule has 5 rings (SSSR count). The van der Waals surface area contributed by atoms with Gasteiger partial charge in [0, 0.05) is 29.1 Å². The number of aromatic amines is 1. The van der Waals surface area contributed by atoms with Crippen LogP contribution in [-0.4, -0.2) is 36.1 Å². The van der Waals surface area contributed by atoms with Crippen LogP contribution < -0.4 is 5.56 Å². The Morgan fingerprint density at radius 2 is 1.80 bits per heavy atom. The van der Waals surface area contributed by atoms with Crippen LogP contribution in [0.15, 0.2) is 23.0 Å². The molecule has 1 atom stereocenters. The normalized spacial score (nSPS) is 18.6. The molecule has 0 saturated heterocycles. The first kappa shape index (κ1) is 24.2. The largest absolute Gasteiger partial charge is 0.322 e. The minimum absolute atomic E-state index is 0.0209. The molecule has 0 radical (unpaired) electrons. The van der Waals surface area contributed by atoms with Gasteiger partial charge in [-0.1, -0.05) is 51.5 Å². The average Bonchev–Trinajstić information content (AvgIpc) is 3.55. The van der Waals surface area contributed by atoms with E-state index in [9.17, 15) is 4.79 Å². The third-order valence-electron chi connectivity index (χ3n) is 8.24. The van der Waals surface area contributed by atoms with Crippen LogP contribution in [-0.2, 0) is 6.54 Å². The number of nitrogens with zero attached hydrogens (tertiary/aromatic N) is 5. The molecule has 1 aromatic carbocycles. The fourth-order valence-electron chi connectivity index (χ4n) is 6.48. The molecule has 3 aromatic rings. The van der Waals surface area contributed by atoms with Crippen LogP contribution in [0.1, 0.15) is 112 Å². The summed E-state index contributed by atoms with van der Waals surface area (Å²) >= 11 is 0. The highest BCUT2D eigenvalue weighted by atomic mass is 16.1. The van der Waals surface area contributed by atoms with Gasteiger partial charge in [-0.25, -0.2) is 4.68 Å². The smallest absolute Gasteiger partial charge is 0.252 e. The van der Waals surface area contributed by atoms with Gasteiger partial charge in [0.15, 0.2) is 5.82 Å². The number of rotatable bonds is 8. The molecule has 7 nitrogen and oxygen atoms in total. The Kier molecular flexibility index (Phi) is 7.32. The van der Waals surface area contributed by atoms with Crippen molar-refractivity contribution in [1.29, 1.82) is 0 Å². The van der Waals surface area contributed by atoms with E-state index in [0.717, 1.165) is 48.0 Å². The maximum absolute atomic E-state index is 13.3. The molecule has 7 heteroatoms. The van der Waals surface area contributed by atoms with E-state index >= 15 is 0 Å². The maximum atomic E-state index is 13.3. The number of hydrogen-bond acceptors (Lipinski definition) is 5. The Labute approximate surface area is 208 Å². The summed E-state index contributed by atoms with van der Waals surface area (Å²) in [6.45, 7) is 7.07. The third kappa shape index (κ3) is 5.06. The van der Waals surface area contributed by atoms with E-state index in [1.165, 1.54) is 56.1 Å². The lowest BCUT2D eigenvalue weighted by Crippen LogP contribution is -2.39. The molecule has 2 aliphatic carbocycles. The summed E-state index contributed by atoms with van der Waals surface area (Å²) in [6, 6.07) is 7.36. The average molecular weight is 477 g/mol. The molecular weight excluding hydrogens is 436 g/mol. The van der Waals surface area contributed by atoms with E-state index < -0.39 is 0 Å². The van der Waals surface area contributed by atoms with Crippen molar-refractivity contribution in [3.63, 3.8) is 0 Å². The highest BCUT2D eigenvalue weighted by Crippen LogP contribution is 2.37. The van der Waals surface area contributed by atoms with Gasteiger partial charge < -0.3 is 4.98 Å². The quantitative estimate of drug-likeness (QED) is 0.436. The van der Waals surface area contributed by atoms with Crippen LogP contribution in [0, 0.1) is 13.8 Å². The van der Waals surface area contributed by atoms with Gasteiger partial charge in [-0.3, -0.25) is 9.69 Å². The first-order valence-electron chi connectivity index (χ1n) is 13.7. The number of tetrazole rings is 1. The second-order valence-electron chi connectivity index (χ2n) is 10.9. The number of H-pyrrole nitrogens is 1. The Bertz CT molecular complexity index is 1200. The summed E-state index contributed by atoms with van der Waals surface area (Å²) in [4.78, 5) is 19.0. The molecule has 0 bridgehead atoms. The first-order chi connectivity index (χ1) is 17.0. The summed E-state index contributed by atoms with van der Waals surface area (Å²) in [5.41, 5.74) is 4.16. The van der Waals surface area contributed by atoms with Gasteiger partial charge in [0.05, 0.1) is 12.1 Å². The third-order valence-corrected chi connectivity index (χ3v) is 8.24. The summed E-state index contributed by atoms with van der Waals surface area (Å²) in [5.74, 6) is 0.995. The highest BCUT2D eigenvalue weighted by Gasteiger charge is 2.34. The van der Waals surface area contributed by atoms with Crippen LogP contribution in [0.3, 0.4) is 0 Å². The minimum Gasteiger partial charge on any atom is -0.322 e. The second kappa shape index (κ2) is 10.6. The molecule has 188 valence electrons.